The first kappa shape index (κ1) is 24.5. The third-order valence-electron chi connectivity index (χ3n) is 5.65. The minimum Gasteiger partial charge on any atom is -0.481 e. The number of carboxylic acid groups (broad SMARTS) is 1. The number of rotatable bonds is 8. The molecule has 0 aromatic heterocycles. The number of carboxylic acids is 1. The summed E-state index contributed by atoms with van der Waals surface area (Å²) < 4.78 is 6.15. The number of hydrogen-bond donors (Lipinski definition) is 2. The maximum absolute atomic E-state index is 13.5. The molecule has 2 aromatic carbocycles. The monoisotopic (exact) mass is 479 g/mol. The van der Waals surface area contributed by atoms with Crippen molar-refractivity contribution >= 4 is 35.1 Å². The second kappa shape index (κ2) is 10.7. The van der Waals surface area contributed by atoms with Gasteiger partial charge >= 0.3 is 5.97 Å². The van der Waals surface area contributed by atoms with Crippen LogP contribution in [0.2, 0.25) is 10.0 Å². The molecule has 2 N–H and O–H groups in total. The van der Waals surface area contributed by atoms with E-state index in [0.29, 0.717) is 22.9 Å². The quantitative estimate of drug-likeness (QED) is 0.554. The SMILES string of the molecule is CC[C@@H](C[C@@H](C)O)N1C(=O)[C@@H](CC(=O)O)O[C@H](c2cccc(Cl)c2)[C@H]1c1ccc(Cl)cc1. The Labute approximate surface area is 197 Å². The number of aliphatic hydroxyl groups excluding tert-OH is 1. The molecule has 1 aliphatic rings. The van der Waals surface area contributed by atoms with Crippen LogP contribution >= 0.6 is 23.2 Å². The van der Waals surface area contributed by atoms with E-state index in [0.717, 1.165) is 11.1 Å². The molecule has 1 aliphatic heterocycles. The van der Waals surface area contributed by atoms with Crippen molar-refractivity contribution in [1.29, 1.82) is 0 Å². The molecule has 8 heteroatoms. The van der Waals surface area contributed by atoms with Gasteiger partial charge in [-0.15, -0.1) is 0 Å². The molecule has 6 nitrogen and oxygen atoms in total. The number of morpholine rings is 1. The van der Waals surface area contributed by atoms with Gasteiger partial charge in [0.1, 0.15) is 12.2 Å². The van der Waals surface area contributed by atoms with E-state index >= 15 is 0 Å². The van der Waals surface area contributed by atoms with Crippen LogP contribution in [0.1, 0.15) is 56.4 Å². The van der Waals surface area contributed by atoms with Gasteiger partial charge in [-0.3, -0.25) is 9.59 Å². The minimum atomic E-state index is -1.15. The van der Waals surface area contributed by atoms with Crippen LogP contribution in [0.15, 0.2) is 48.5 Å². The summed E-state index contributed by atoms with van der Waals surface area (Å²) in [5.74, 6) is -1.53. The Bertz CT molecular complexity index is 950. The van der Waals surface area contributed by atoms with Crippen molar-refractivity contribution in [3.8, 4) is 0 Å². The zero-order valence-corrected chi connectivity index (χ0v) is 19.5. The summed E-state index contributed by atoms with van der Waals surface area (Å²) in [4.78, 5) is 26.7. The highest BCUT2D eigenvalue weighted by Gasteiger charge is 2.47. The van der Waals surface area contributed by atoms with E-state index in [9.17, 15) is 19.8 Å². The lowest BCUT2D eigenvalue weighted by atomic mass is 9.88. The lowest BCUT2D eigenvalue weighted by molar-refractivity contribution is -0.184. The number of hydrogen-bond acceptors (Lipinski definition) is 4. The number of halogens is 2. The Kier molecular flexibility index (Phi) is 8.17. The second-order valence-electron chi connectivity index (χ2n) is 8.09. The van der Waals surface area contributed by atoms with E-state index in [-0.39, 0.29) is 6.04 Å². The Morgan fingerprint density at radius 3 is 2.38 bits per heavy atom. The first-order valence-electron chi connectivity index (χ1n) is 10.6. The number of aliphatic hydroxyl groups is 1. The van der Waals surface area contributed by atoms with Crippen LogP contribution in [0.3, 0.4) is 0 Å². The largest absolute Gasteiger partial charge is 0.481 e. The van der Waals surface area contributed by atoms with Gasteiger partial charge in [-0.1, -0.05) is 54.4 Å². The van der Waals surface area contributed by atoms with E-state index in [1.54, 1.807) is 42.2 Å². The summed E-state index contributed by atoms with van der Waals surface area (Å²) in [5, 5.41) is 20.6. The summed E-state index contributed by atoms with van der Waals surface area (Å²) in [7, 11) is 0. The van der Waals surface area contributed by atoms with Gasteiger partial charge in [-0.2, -0.15) is 0 Å². The van der Waals surface area contributed by atoms with Gasteiger partial charge in [0.05, 0.1) is 18.6 Å². The molecule has 3 rings (SSSR count). The van der Waals surface area contributed by atoms with Crippen LogP contribution in [-0.4, -0.2) is 45.2 Å². The standard InChI is InChI=1S/C24H27Cl2NO5/c1-3-19(11-14(2)28)27-22(15-7-9-17(25)10-8-15)23(16-5-4-6-18(26)12-16)32-20(24(27)31)13-21(29)30/h4-10,12,14,19-20,22-23,28H,3,11,13H2,1-2H3,(H,29,30)/t14-,19+,20-,22-,23-/m1/s1. The number of benzene rings is 2. The van der Waals surface area contributed by atoms with Crippen molar-refractivity contribution < 1.29 is 24.5 Å². The fourth-order valence-electron chi connectivity index (χ4n) is 4.27. The van der Waals surface area contributed by atoms with Crippen molar-refractivity contribution in [3.05, 3.63) is 69.7 Å². The Morgan fingerprint density at radius 2 is 1.81 bits per heavy atom. The van der Waals surface area contributed by atoms with E-state index in [1.807, 2.05) is 25.1 Å². The zero-order chi connectivity index (χ0) is 23.4. The molecular formula is C24H27Cl2NO5. The molecule has 172 valence electrons. The number of ether oxygens (including phenoxy) is 1. The summed E-state index contributed by atoms with van der Waals surface area (Å²) in [6.07, 6.45) is -1.95. The third kappa shape index (κ3) is 5.62. The molecule has 1 fully saturated rings. The molecule has 2 aromatic rings. The normalized spacial score (nSPS) is 23.1. The van der Waals surface area contributed by atoms with Gasteiger partial charge in [0.15, 0.2) is 0 Å². The highest BCUT2D eigenvalue weighted by molar-refractivity contribution is 6.30. The van der Waals surface area contributed by atoms with Gasteiger partial charge in [0.25, 0.3) is 5.91 Å². The van der Waals surface area contributed by atoms with Crippen molar-refractivity contribution in [1.82, 2.24) is 4.90 Å². The Balaban J connectivity index is 2.17. The fourth-order valence-corrected chi connectivity index (χ4v) is 4.60. The molecule has 1 amide bonds. The van der Waals surface area contributed by atoms with E-state index in [4.69, 9.17) is 27.9 Å². The van der Waals surface area contributed by atoms with E-state index in [2.05, 4.69) is 0 Å². The van der Waals surface area contributed by atoms with Crippen LogP contribution in [0.25, 0.3) is 0 Å². The van der Waals surface area contributed by atoms with Crippen molar-refractivity contribution in [2.45, 2.75) is 63.5 Å². The molecule has 1 heterocycles. The van der Waals surface area contributed by atoms with Gasteiger partial charge in [0.2, 0.25) is 0 Å². The molecule has 5 atom stereocenters. The number of carbonyl (C=O) groups is 2. The van der Waals surface area contributed by atoms with Crippen LogP contribution in [-0.2, 0) is 14.3 Å². The molecule has 0 radical (unpaired) electrons. The van der Waals surface area contributed by atoms with Gasteiger partial charge < -0.3 is 19.8 Å². The highest BCUT2D eigenvalue weighted by atomic mass is 35.5. The molecule has 0 saturated carbocycles. The fraction of sp³-hybridized carbons (Fsp3) is 0.417. The topological polar surface area (TPSA) is 87.1 Å². The number of carbonyl (C=O) groups excluding carboxylic acids is 1. The maximum Gasteiger partial charge on any atom is 0.306 e. The molecule has 0 spiro atoms. The average molecular weight is 480 g/mol. The first-order chi connectivity index (χ1) is 15.2. The van der Waals surface area contributed by atoms with Gasteiger partial charge in [0, 0.05) is 16.1 Å². The van der Waals surface area contributed by atoms with Crippen LogP contribution in [0.5, 0.6) is 0 Å². The molecular weight excluding hydrogens is 453 g/mol. The molecule has 1 saturated heterocycles. The van der Waals surface area contributed by atoms with Crippen LogP contribution < -0.4 is 0 Å². The Hall–Kier alpha value is -2.12. The van der Waals surface area contributed by atoms with Crippen LogP contribution in [0, 0.1) is 0 Å². The predicted octanol–water partition coefficient (Wildman–Crippen LogP) is 5.03. The lowest BCUT2D eigenvalue weighted by Gasteiger charge is -2.48. The molecule has 0 unspecified atom stereocenters. The molecule has 0 bridgehead atoms. The van der Waals surface area contributed by atoms with Crippen molar-refractivity contribution in [2.24, 2.45) is 0 Å². The van der Waals surface area contributed by atoms with Crippen molar-refractivity contribution in [2.75, 3.05) is 0 Å². The highest BCUT2D eigenvalue weighted by Crippen LogP contribution is 2.45. The number of aliphatic carboxylic acids is 1. The average Bonchev–Trinajstić information content (AvgIpc) is 2.73. The maximum atomic E-state index is 13.5. The Morgan fingerprint density at radius 1 is 1.12 bits per heavy atom. The summed E-state index contributed by atoms with van der Waals surface area (Å²) >= 11 is 12.3. The number of amides is 1. The van der Waals surface area contributed by atoms with Gasteiger partial charge in [-0.05, 0) is 55.2 Å². The zero-order valence-electron chi connectivity index (χ0n) is 17.9. The van der Waals surface area contributed by atoms with E-state index in [1.165, 1.54) is 0 Å². The first-order valence-corrected chi connectivity index (χ1v) is 11.3. The summed E-state index contributed by atoms with van der Waals surface area (Å²) in [6, 6.07) is 13.4. The predicted molar refractivity (Wildman–Crippen MR) is 123 cm³/mol. The van der Waals surface area contributed by atoms with E-state index < -0.39 is 42.7 Å². The second-order valence-corrected chi connectivity index (χ2v) is 8.96. The molecule has 32 heavy (non-hydrogen) atoms. The lowest BCUT2D eigenvalue weighted by Crippen LogP contribution is -2.55. The summed E-state index contributed by atoms with van der Waals surface area (Å²) in [5.41, 5.74) is 1.53. The van der Waals surface area contributed by atoms with Crippen molar-refractivity contribution in [3.63, 3.8) is 0 Å². The smallest absolute Gasteiger partial charge is 0.306 e. The summed E-state index contributed by atoms with van der Waals surface area (Å²) in [6.45, 7) is 3.61. The third-order valence-corrected chi connectivity index (χ3v) is 6.14. The van der Waals surface area contributed by atoms with Crippen LogP contribution in [0.4, 0.5) is 0 Å². The molecule has 0 aliphatic carbocycles. The van der Waals surface area contributed by atoms with Gasteiger partial charge in [-0.25, -0.2) is 0 Å². The minimum absolute atomic E-state index is 0.315. The number of nitrogens with zero attached hydrogens (tertiary/aromatic N) is 1.